The number of para-hydroxylation sites is 1. The number of aliphatic hydroxyl groups is 1. The van der Waals surface area contributed by atoms with E-state index in [4.69, 9.17) is 5.11 Å². The Bertz CT molecular complexity index is 613. The lowest BCUT2D eigenvalue weighted by Crippen LogP contribution is -2.39. The van der Waals surface area contributed by atoms with Crippen molar-refractivity contribution in [1.82, 2.24) is 9.88 Å². The van der Waals surface area contributed by atoms with Gasteiger partial charge in [-0.15, -0.1) is 0 Å². The molecule has 0 aliphatic carbocycles. The van der Waals surface area contributed by atoms with Crippen LogP contribution in [0.3, 0.4) is 0 Å². The van der Waals surface area contributed by atoms with Gasteiger partial charge < -0.3 is 10.0 Å². The maximum Gasteiger partial charge on any atom is 0.256 e. The Morgan fingerprint density at radius 3 is 2.75 bits per heavy atom. The maximum atomic E-state index is 12.6. The maximum absolute atomic E-state index is 12.6. The number of aromatic nitrogens is 1. The summed E-state index contributed by atoms with van der Waals surface area (Å²) in [5.41, 5.74) is 1.44. The van der Waals surface area contributed by atoms with E-state index in [9.17, 15) is 4.79 Å². The Morgan fingerprint density at radius 2 is 2.00 bits per heavy atom. The number of fused-ring (bicyclic) bond motifs is 1. The smallest absolute Gasteiger partial charge is 0.256 e. The summed E-state index contributed by atoms with van der Waals surface area (Å²) in [4.78, 5) is 18.8. The zero-order valence-electron chi connectivity index (χ0n) is 11.3. The van der Waals surface area contributed by atoms with Gasteiger partial charge in [-0.3, -0.25) is 9.78 Å². The number of rotatable bonds is 2. The van der Waals surface area contributed by atoms with Crippen molar-refractivity contribution in [2.24, 2.45) is 5.92 Å². The summed E-state index contributed by atoms with van der Waals surface area (Å²) in [6, 6.07) is 9.56. The average molecular weight is 270 g/mol. The Balaban J connectivity index is 1.86. The van der Waals surface area contributed by atoms with Crippen LogP contribution in [-0.2, 0) is 0 Å². The van der Waals surface area contributed by atoms with Crippen LogP contribution in [0.1, 0.15) is 23.2 Å². The summed E-state index contributed by atoms with van der Waals surface area (Å²) in [5, 5.41) is 10.2. The molecular formula is C16H18N2O2. The highest BCUT2D eigenvalue weighted by Gasteiger charge is 2.24. The number of likely N-dealkylation sites (tertiary alicyclic amines) is 1. The third-order valence-corrected chi connectivity index (χ3v) is 4.02. The van der Waals surface area contributed by atoms with E-state index in [0.717, 1.165) is 23.7 Å². The molecule has 1 N–H and O–H groups in total. The lowest BCUT2D eigenvalue weighted by atomic mass is 9.97. The largest absolute Gasteiger partial charge is 0.396 e. The SMILES string of the molecule is O=C(c1cccc2cccnc12)N1CCC(CO)CC1. The third kappa shape index (κ3) is 2.39. The van der Waals surface area contributed by atoms with Crippen LogP contribution in [0, 0.1) is 5.92 Å². The number of hydrogen-bond acceptors (Lipinski definition) is 3. The van der Waals surface area contributed by atoms with E-state index >= 15 is 0 Å². The van der Waals surface area contributed by atoms with Gasteiger partial charge in [0.1, 0.15) is 0 Å². The fourth-order valence-corrected chi connectivity index (χ4v) is 2.77. The fraction of sp³-hybridized carbons (Fsp3) is 0.375. The van der Waals surface area contributed by atoms with E-state index in [0.29, 0.717) is 24.6 Å². The first-order valence-corrected chi connectivity index (χ1v) is 7.03. The van der Waals surface area contributed by atoms with Gasteiger partial charge in [-0.05, 0) is 30.9 Å². The van der Waals surface area contributed by atoms with Crippen molar-refractivity contribution in [3.8, 4) is 0 Å². The van der Waals surface area contributed by atoms with Gasteiger partial charge in [0.05, 0.1) is 11.1 Å². The number of benzene rings is 1. The van der Waals surface area contributed by atoms with Crippen LogP contribution >= 0.6 is 0 Å². The van der Waals surface area contributed by atoms with Gasteiger partial charge in [-0.1, -0.05) is 18.2 Å². The number of carbonyl (C=O) groups excluding carboxylic acids is 1. The van der Waals surface area contributed by atoms with E-state index in [1.54, 1.807) is 6.20 Å². The molecule has 0 spiro atoms. The summed E-state index contributed by atoms with van der Waals surface area (Å²) in [7, 11) is 0. The van der Waals surface area contributed by atoms with Gasteiger partial charge >= 0.3 is 0 Å². The predicted molar refractivity (Wildman–Crippen MR) is 77.5 cm³/mol. The van der Waals surface area contributed by atoms with E-state index in [1.807, 2.05) is 35.2 Å². The zero-order chi connectivity index (χ0) is 13.9. The van der Waals surface area contributed by atoms with Crippen molar-refractivity contribution < 1.29 is 9.90 Å². The number of amides is 1. The monoisotopic (exact) mass is 270 g/mol. The molecule has 104 valence electrons. The third-order valence-electron chi connectivity index (χ3n) is 4.02. The molecule has 0 radical (unpaired) electrons. The lowest BCUT2D eigenvalue weighted by Gasteiger charge is -2.31. The molecule has 1 aromatic carbocycles. The Labute approximate surface area is 118 Å². The summed E-state index contributed by atoms with van der Waals surface area (Å²) in [6.07, 6.45) is 3.47. The first-order chi connectivity index (χ1) is 9.79. The summed E-state index contributed by atoms with van der Waals surface area (Å²) < 4.78 is 0. The van der Waals surface area contributed by atoms with Crippen LogP contribution in [0.2, 0.25) is 0 Å². The molecule has 1 aromatic heterocycles. The molecule has 1 fully saturated rings. The van der Waals surface area contributed by atoms with E-state index in [2.05, 4.69) is 4.98 Å². The molecule has 0 atom stereocenters. The van der Waals surface area contributed by atoms with Gasteiger partial charge in [0.2, 0.25) is 0 Å². The van der Waals surface area contributed by atoms with Crippen LogP contribution in [-0.4, -0.2) is 40.6 Å². The molecular weight excluding hydrogens is 252 g/mol. The van der Waals surface area contributed by atoms with E-state index in [1.165, 1.54) is 0 Å². The molecule has 0 bridgehead atoms. The Hall–Kier alpha value is -1.94. The van der Waals surface area contributed by atoms with Crippen LogP contribution in [0.15, 0.2) is 36.5 Å². The van der Waals surface area contributed by atoms with Crippen molar-refractivity contribution in [3.63, 3.8) is 0 Å². The number of carbonyl (C=O) groups is 1. The van der Waals surface area contributed by atoms with Gasteiger partial charge in [-0.2, -0.15) is 0 Å². The van der Waals surface area contributed by atoms with Gasteiger partial charge in [-0.25, -0.2) is 0 Å². The molecule has 1 saturated heterocycles. The number of pyridine rings is 1. The topological polar surface area (TPSA) is 53.4 Å². The predicted octanol–water partition coefficient (Wildman–Crippen LogP) is 2.08. The normalized spacial score (nSPS) is 16.6. The summed E-state index contributed by atoms with van der Waals surface area (Å²) >= 11 is 0. The molecule has 20 heavy (non-hydrogen) atoms. The van der Waals surface area contributed by atoms with Crippen LogP contribution in [0.5, 0.6) is 0 Å². The van der Waals surface area contributed by atoms with Crippen molar-refractivity contribution in [2.75, 3.05) is 19.7 Å². The average Bonchev–Trinajstić information content (AvgIpc) is 2.54. The highest BCUT2D eigenvalue weighted by Crippen LogP contribution is 2.22. The minimum atomic E-state index is 0.0469. The van der Waals surface area contributed by atoms with Gasteiger partial charge in [0.25, 0.3) is 5.91 Å². The first-order valence-electron chi connectivity index (χ1n) is 7.03. The molecule has 3 rings (SSSR count). The molecule has 4 nitrogen and oxygen atoms in total. The molecule has 4 heteroatoms. The second-order valence-electron chi connectivity index (χ2n) is 5.30. The molecule has 2 heterocycles. The van der Waals surface area contributed by atoms with Crippen molar-refractivity contribution in [2.45, 2.75) is 12.8 Å². The van der Waals surface area contributed by atoms with Crippen LogP contribution < -0.4 is 0 Å². The second-order valence-corrected chi connectivity index (χ2v) is 5.30. The van der Waals surface area contributed by atoms with Crippen LogP contribution in [0.25, 0.3) is 10.9 Å². The lowest BCUT2D eigenvalue weighted by molar-refractivity contribution is 0.0652. The molecule has 0 unspecified atom stereocenters. The van der Waals surface area contributed by atoms with E-state index < -0.39 is 0 Å². The minimum absolute atomic E-state index is 0.0469. The summed E-state index contributed by atoms with van der Waals surface area (Å²) in [5.74, 6) is 0.385. The Morgan fingerprint density at radius 1 is 1.25 bits per heavy atom. The summed E-state index contributed by atoms with van der Waals surface area (Å²) in [6.45, 7) is 1.65. The van der Waals surface area contributed by atoms with E-state index in [-0.39, 0.29) is 12.5 Å². The molecule has 1 aliphatic heterocycles. The quantitative estimate of drug-likeness (QED) is 0.909. The zero-order valence-corrected chi connectivity index (χ0v) is 11.3. The van der Waals surface area contributed by atoms with Crippen molar-refractivity contribution >= 4 is 16.8 Å². The highest BCUT2D eigenvalue weighted by molar-refractivity contribution is 6.05. The van der Waals surface area contributed by atoms with Gasteiger partial charge in [0, 0.05) is 31.3 Å². The molecule has 1 aliphatic rings. The number of nitrogens with zero attached hydrogens (tertiary/aromatic N) is 2. The number of piperidine rings is 1. The second kappa shape index (κ2) is 5.59. The highest BCUT2D eigenvalue weighted by atomic mass is 16.3. The molecule has 1 amide bonds. The minimum Gasteiger partial charge on any atom is -0.396 e. The number of aliphatic hydroxyl groups excluding tert-OH is 1. The van der Waals surface area contributed by atoms with Crippen LogP contribution in [0.4, 0.5) is 0 Å². The molecule has 0 saturated carbocycles. The van der Waals surface area contributed by atoms with Crippen molar-refractivity contribution in [1.29, 1.82) is 0 Å². The molecule has 2 aromatic rings. The fourth-order valence-electron chi connectivity index (χ4n) is 2.77. The first kappa shape index (κ1) is 13.1. The standard InChI is InChI=1S/C16H18N2O2/c19-11-12-6-9-18(10-7-12)16(20)14-5-1-3-13-4-2-8-17-15(13)14/h1-5,8,12,19H,6-7,9-11H2. The van der Waals surface area contributed by atoms with Crippen molar-refractivity contribution in [3.05, 3.63) is 42.1 Å². The number of hydrogen-bond donors (Lipinski definition) is 1. The Kier molecular flexibility index (Phi) is 3.65. The van der Waals surface area contributed by atoms with Gasteiger partial charge in [0.15, 0.2) is 0 Å².